The van der Waals surface area contributed by atoms with Crippen molar-refractivity contribution in [3.05, 3.63) is 29.3 Å². The van der Waals surface area contributed by atoms with Crippen LogP contribution in [0.3, 0.4) is 0 Å². The Morgan fingerprint density at radius 2 is 2.05 bits per heavy atom. The molecule has 0 spiro atoms. The maximum absolute atomic E-state index is 12.5. The van der Waals surface area contributed by atoms with E-state index in [-0.39, 0.29) is 24.9 Å². The Morgan fingerprint density at radius 3 is 2.68 bits per heavy atom. The van der Waals surface area contributed by atoms with E-state index in [1.807, 2.05) is 17.0 Å². The molecular weight excluding hydrogens is 323 g/mol. The molecule has 1 fully saturated rings. The van der Waals surface area contributed by atoms with E-state index in [2.05, 4.69) is 12.2 Å². The second-order valence-electron chi connectivity index (χ2n) is 5.29. The molecule has 0 bridgehead atoms. The fourth-order valence-corrected chi connectivity index (χ4v) is 2.84. The van der Waals surface area contributed by atoms with Gasteiger partial charge < -0.3 is 15.0 Å². The van der Waals surface area contributed by atoms with Crippen LogP contribution in [0.15, 0.2) is 24.3 Å². The van der Waals surface area contributed by atoms with Crippen LogP contribution in [0.5, 0.6) is 5.75 Å². The van der Waals surface area contributed by atoms with Crippen LogP contribution in [-0.4, -0.2) is 43.1 Å². The van der Waals surface area contributed by atoms with Gasteiger partial charge >= 0.3 is 0 Å². The van der Waals surface area contributed by atoms with Crippen LogP contribution in [-0.2, 0) is 4.79 Å². The van der Waals surface area contributed by atoms with Crippen LogP contribution in [0, 0.1) is 0 Å². The Hall–Kier alpha value is -0.970. The van der Waals surface area contributed by atoms with Gasteiger partial charge in [-0.1, -0.05) is 30.7 Å². The van der Waals surface area contributed by atoms with E-state index in [9.17, 15) is 4.79 Å². The maximum Gasteiger partial charge on any atom is 0.260 e. The standard InChI is InChI=1S/C16H23ClN2O2.ClH/c1-2-11-19(13-7-9-18-10-8-13)16(20)12-21-15-6-4-3-5-14(15)17;/h3-6,13,18H,2,7-12H2,1H3;1H. The number of piperidine rings is 1. The third-order valence-corrected chi connectivity index (χ3v) is 4.03. The van der Waals surface area contributed by atoms with Gasteiger partial charge in [-0.25, -0.2) is 0 Å². The fraction of sp³-hybridized carbons (Fsp3) is 0.562. The Kier molecular flexibility index (Phi) is 8.61. The number of para-hydroxylation sites is 1. The van der Waals surface area contributed by atoms with E-state index in [1.54, 1.807) is 12.1 Å². The van der Waals surface area contributed by atoms with E-state index >= 15 is 0 Å². The lowest BCUT2D eigenvalue weighted by Gasteiger charge is -2.34. The first kappa shape index (κ1) is 19.1. The number of hydrogen-bond acceptors (Lipinski definition) is 3. The summed E-state index contributed by atoms with van der Waals surface area (Å²) in [7, 11) is 0. The summed E-state index contributed by atoms with van der Waals surface area (Å²) in [6.07, 6.45) is 2.98. The van der Waals surface area contributed by atoms with Gasteiger partial charge in [0.05, 0.1) is 5.02 Å². The molecule has 0 radical (unpaired) electrons. The molecule has 1 aromatic carbocycles. The molecule has 0 saturated carbocycles. The zero-order chi connectivity index (χ0) is 15.1. The van der Waals surface area contributed by atoms with Crippen molar-refractivity contribution < 1.29 is 9.53 Å². The van der Waals surface area contributed by atoms with Crippen molar-refractivity contribution in [2.75, 3.05) is 26.2 Å². The molecule has 1 aliphatic heterocycles. The lowest BCUT2D eigenvalue weighted by Crippen LogP contribution is -2.48. The van der Waals surface area contributed by atoms with Crippen molar-refractivity contribution in [1.29, 1.82) is 0 Å². The van der Waals surface area contributed by atoms with Gasteiger partial charge in [0, 0.05) is 12.6 Å². The lowest BCUT2D eigenvalue weighted by atomic mass is 10.0. The zero-order valence-electron chi connectivity index (χ0n) is 12.9. The third kappa shape index (κ3) is 5.34. The number of halogens is 2. The molecule has 22 heavy (non-hydrogen) atoms. The molecule has 1 heterocycles. The summed E-state index contributed by atoms with van der Waals surface area (Å²) in [5, 5.41) is 3.87. The van der Waals surface area contributed by atoms with E-state index in [4.69, 9.17) is 16.3 Å². The maximum atomic E-state index is 12.5. The highest BCUT2D eigenvalue weighted by Crippen LogP contribution is 2.23. The van der Waals surface area contributed by atoms with Gasteiger partial charge in [-0.15, -0.1) is 12.4 Å². The number of carbonyl (C=O) groups is 1. The monoisotopic (exact) mass is 346 g/mol. The van der Waals surface area contributed by atoms with E-state index in [0.717, 1.165) is 38.9 Å². The molecule has 0 unspecified atom stereocenters. The first-order chi connectivity index (χ1) is 10.2. The molecular formula is C16H24Cl2N2O2. The highest BCUT2D eigenvalue weighted by atomic mass is 35.5. The average molecular weight is 347 g/mol. The number of hydrogen-bond donors (Lipinski definition) is 1. The normalized spacial score (nSPS) is 15.0. The smallest absolute Gasteiger partial charge is 0.260 e. The van der Waals surface area contributed by atoms with Gasteiger partial charge in [0.1, 0.15) is 5.75 Å². The van der Waals surface area contributed by atoms with Crippen LogP contribution in [0.25, 0.3) is 0 Å². The van der Waals surface area contributed by atoms with E-state index in [0.29, 0.717) is 16.8 Å². The molecule has 0 aromatic heterocycles. The van der Waals surface area contributed by atoms with Crippen molar-refractivity contribution in [1.82, 2.24) is 10.2 Å². The second kappa shape index (κ2) is 9.93. The molecule has 4 nitrogen and oxygen atoms in total. The van der Waals surface area contributed by atoms with Gasteiger partial charge in [-0.2, -0.15) is 0 Å². The first-order valence-corrected chi connectivity index (χ1v) is 7.97. The van der Waals surface area contributed by atoms with Crippen LogP contribution < -0.4 is 10.1 Å². The topological polar surface area (TPSA) is 41.6 Å². The summed E-state index contributed by atoms with van der Waals surface area (Å²) in [6, 6.07) is 7.56. The predicted molar refractivity (Wildman–Crippen MR) is 92.1 cm³/mol. The fourth-order valence-electron chi connectivity index (χ4n) is 2.65. The highest BCUT2D eigenvalue weighted by molar-refractivity contribution is 6.32. The largest absolute Gasteiger partial charge is 0.482 e. The van der Waals surface area contributed by atoms with Gasteiger partial charge in [0.25, 0.3) is 5.91 Å². The molecule has 0 atom stereocenters. The molecule has 124 valence electrons. The number of amides is 1. The van der Waals surface area contributed by atoms with Gasteiger partial charge in [0.15, 0.2) is 6.61 Å². The minimum absolute atomic E-state index is 0. The Bertz CT molecular complexity index is 465. The third-order valence-electron chi connectivity index (χ3n) is 3.72. The SMILES string of the molecule is CCCN(C(=O)COc1ccccc1Cl)C1CCNCC1.Cl. The summed E-state index contributed by atoms with van der Waals surface area (Å²) in [4.78, 5) is 14.4. The number of rotatable bonds is 6. The van der Waals surface area contributed by atoms with Crippen molar-refractivity contribution in [2.24, 2.45) is 0 Å². The summed E-state index contributed by atoms with van der Waals surface area (Å²) in [5.41, 5.74) is 0. The number of nitrogens with zero attached hydrogens (tertiary/aromatic N) is 1. The van der Waals surface area contributed by atoms with Crippen molar-refractivity contribution in [2.45, 2.75) is 32.2 Å². The number of carbonyl (C=O) groups excluding carboxylic acids is 1. The summed E-state index contributed by atoms with van der Waals surface area (Å²) in [5.74, 6) is 0.609. The molecule has 1 aliphatic rings. The molecule has 1 N–H and O–H groups in total. The molecule has 6 heteroatoms. The van der Waals surface area contributed by atoms with Crippen molar-refractivity contribution in [3.8, 4) is 5.75 Å². The highest BCUT2D eigenvalue weighted by Gasteiger charge is 2.24. The Balaban J connectivity index is 0.00000242. The van der Waals surface area contributed by atoms with E-state index < -0.39 is 0 Å². The van der Waals surface area contributed by atoms with Gasteiger partial charge in [-0.3, -0.25) is 4.79 Å². The van der Waals surface area contributed by atoms with Gasteiger partial charge in [-0.05, 0) is 44.5 Å². The average Bonchev–Trinajstić information content (AvgIpc) is 2.52. The molecule has 2 rings (SSSR count). The second-order valence-corrected chi connectivity index (χ2v) is 5.69. The Labute approximate surface area is 143 Å². The first-order valence-electron chi connectivity index (χ1n) is 7.60. The zero-order valence-corrected chi connectivity index (χ0v) is 14.5. The molecule has 0 aliphatic carbocycles. The predicted octanol–water partition coefficient (Wildman–Crippen LogP) is 3.13. The summed E-state index contributed by atoms with van der Waals surface area (Å²) >= 11 is 6.04. The van der Waals surface area contributed by atoms with Gasteiger partial charge in [0.2, 0.25) is 0 Å². The Morgan fingerprint density at radius 1 is 1.36 bits per heavy atom. The molecule has 1 saturated heterocycles. The minimum Gasteiger partial charge on any atom is -0.482 e. The van der Waals surface area contributed by atoms with Crippen LogP contribution >= 0.6 is 24.0 Å². The van der Waals surface area contributed by atoms with Crippen LogP contribution in [0.1, 0.15) is 26.2 Å². The van der Waals surface area contributed by atoms with Crippen LogP contribution in [0.4, 0.5) is 0 Å². The molecule has 1 amide bonds. The van der Waals surface area contributed by atoms with Crippen molar-refractivity contribution >= 4 is 29.9 Å². The van der Waals surface area contributed by atoms with Crippen molar-refractivity contribution in [3.63, 3.8) is 0 Å². The summed E-state index contributed by atoms with van der Waals surface area (Å²) in [6.45, 7) is 4.88. The number of nitrogens with one attached hydrogen (secondary N) is 1. The number of ether oxygens (including phenoxy) is 1. The number of benzene rings is 1. The van der Waals surface area contributed by atoms with E-state index in [1.165, 1.54) is 0 Å². The minimum atomic E-state index is 0. The van der Waals surface area contributed by atoms with Crippen LogP contribution in [0.2, 0.25) is 5.02 Å². The quantitative estimate of drug-likeness (QED) is 0.860. The molecule has 1 aromatic rings. The summed E-state index contributed by atoms with van der Waals surface area (Å²) < 4.78 is 5.58. The lowest BCUT2D eigenvalue weighted by molar-refractivity contribution is -0.136.